The van der Waals surface area contributed by atoms with Crippen molar-refractivity contribution in [2.75, 3.05) is 4.90 Å². The molecule has 0 unspecified atom stereocenters. The number of hydrogen-bond donors (Lipinski definition) is 0. The lowest BCUT2D eigenvalue weighted by molar-refractivity contribution is 0.767. The normalized spacial score (nSPS) is 12.9. The first-order chi connectivity index (χ1) is 28.2. The predicted molar refractivity (Wildman–Crippen MR) is 239 cm³/mol. The Kier molecular flexibility index (Phi) is 7.72. The van der Waals surface area contributed by atoms with Gasteiger partial charge in [0.2, 0.25) is 0 Å². The molecule has 0 amide bonds. The second-order valence-electron chi connectivity index (χ2n) is 15.3. The third kappa shape index (κ3) is 5.04. The third-order valence-electron chi connectivity index (χ3n) is 12.3. The highest BCUT2D eigenvalue weighted by atomic mass is 15.2. The molecule has 1 aliphatic rings. The largest absolute Gasteiger partial charge is 0.342 e. The first-order valence-electron chi connectivity index (χ1n) is 19.9. The molecule has 11 rings (SSSR count). The minimum absolute atomic E-state index is 0.577. The molecule has 10 aromatic rings. The van der Waals surface area contributed by atoms with Crippen LogP contribution in [0, 0.1) is 0 Å². The zero-order valence-corrected chi connectivity index (χ0v) is 31.8. The number of aryl methyl sites for hydroxylation is 1. The molecule has 2 nitrogen and oxygen atoms in total. The molecule has 0 radical (unpaired) electrons. The predicted octanol–water partition coefficient (Wildman–Crippen LogP) is 13.9. The first kappa shape index (κ1) is 33.2. The van der Waals surface area contributed by atoms with Crippen LogP contribution in [-0.4, -0.2) is 4.57 Å². The SMILES string of the molecule is Cn1c2ccccc2c2cccc(N(c3ccccc3)c3cc4c(c5ccccc35)-c3ccc(Cc5ccccc5)cc3C4(c3ccccc3)c3ccccc3)c21. The van der Waals surface area contributed by atoms with Gasteiger partial charge in [-0.3, -0.25) is 0 Å². The summed E-state index contributed by atoms with van der Waals surface area (Å²) in [5.41, 5.74) is 15.6. The molecule has 0 saturated heterocycles. The molecule has 270 valence electrons. The van der Waals surface area contributed by atoms with E-state index in [0.717, 1.165) is 23.5 Å². The molecule has 0 atom stereocenters. The summed E-state index contributed by atoms with van der Waals surface area (Å²) >= 11 is 0. The number of anilines is 3. The molecule has 0 spiro atoms. The molecule has 1 aliphatic carbocycles. The van der Waals surface area contributed by atoms with Gasteiger partial charge in [0.1, 0.15) is 0 Å². The fourth-order valence-corrected chi connectivity index (χ4v) is 9.88. The Labute approximate surface area is 333 Å². The van der Waals surface area contributed by atoms with Crippen molar-refractivity contribution in [3.05, 3.63) is 246 Å². The van der Waals surface area contributed by atoms with Gasteiger partial charge in [0.25, 0.3) is 0 Å². The summed E-state index contributed by atoms with van der Waals surface area (Å²) in [5.74, 6) is 0. The Morgan fingerprint density at radius 1 is 0.439 bits per heavy atom. The van der Waals surface area contributed by atoms with Crippen molar-refractivity contribution >= 4 is 49.6 Å². The first-order valence-corrected chi connectivity index (χ1v) is 19.9. The quantitative estimate of drug-likeness (QED) is 0.159. The molecule has 57 heavy (non-hydrogen) atoms. The summed E-state index contributed by atoms with van der Waals surface area (Å²) in [5, 5.41) is 4.98. The highest BCUT2D eigenvalue weighted by molar-refractivity contribution is 6.16. The minimum Gasteiger partial charge on any atom is -0.342 e. The van der Waals surface area contributed by atoms with E-state index in [1.165, 1.54) is 77.1 Å². The number of nitrogens with zero attached hydrogens (tertiary/aromatic N) is 2. The van der Waals surface area contributed by atoms with Gasteiger partial charge in [0.15, 0.2) is 0 Å². The Morgan fingerprint density at radius 3 is 1.72 bits per heavy atom. The van der Waals surface area contributed by atoms with E-state index in [1.807, 2.05) is 0 Å². The average molecular weight is 729 g/mol. The van der Waals surface area contributed by atoms with Gasteiger partial charge in [0, 0.05) is 34.4 Å². The lowest BCUT2D eigenvalue weighted by Crippen LogP contribution is -2.29. The average Bonchev–Trinajstić information content (AvgIpc) is 3.74. The minimum atomic E-state index is -0.577. The van der Waals surface area contributed by atoms with Crippen molar-refractivity contribution in [3.63, 3.8) is 0 Å². The fraction of sp³-hybridized carbons (Fsp3) is 0.0545. The summed E-state index contributed by atoms with van der Waals surface area (Å²) in [4.78, 5) is 2.51. The van der Waals surface area contributed by atoms with Crippen LogP contribution in [-0.2, 0) is 18.9 Å². The van der Waals surface area contributed by atoms with Crippen LogP contribution in [0.2, 0.25) is 0 Å². The number of fused-ring (bicyclic) bond motifs is 8. The number of benzene rings is 9. The molecule has 0 fully saturated rings. The summed E-state index contributed by atoms with van der Waals surface area (Å²) in [7, 11) is 2.21. The van der Waals surface area contributed by atoms with Gasteiger partial charge < -0.3 is 9.47 Å². The van der Waals surface area contributed by atoms with Gasteiger partial charge in [-0.2, -0.15) is 0 Å². The molecule has 1 aromatic heterocycles. The number of rotatable bonds is 7. The molecule has 9 aromatic carbocycles. The van der Waals surface area contributed by atoms with E-state index in [4.69, 9.17) is 0 Å². The van der Waals surface area contributed by atoms with Crippen molar-refractivity contribution in [3.8, 4) is 11.1 Å². The van der Waals surface area contributed by atoms with Gasteiger partial charge in [0.05, 0.1) is 22.3 Å². The maximum absolute atomic E-state index is 2.53. The molecule has 2 heteroatoms. The lowest BCUT2D eigenvalue weighted by atomic mass is 9.67. The Morgan fingerprint density at radius 2 is 1.02 bits per heavy atom. The van der Waals surface area contributed by atoms with Crippen LogP contribution in [0.3, 0.4) is 0 Å². The zero-order chi connectivity index (χ0) is 37.9. The second-order valence-corrected chi connectivity index (χ2v) is 15.3. The van der Waals surface area contributed by atoms with Gasteiger partial charge in [-0.05, 0) is 86.6 Å². The smallest absolute Gasteiger partial charge is 0.0733 e. The Hall–Kier alpha value is -7.16. The van der Waals surface area contributed by atoms with Crippen LogP contribution in [0.15, 0.2) is 212 Å². The maximum Gasteiger partial charge on any atom is 0.0733 e. The summed E-state index contributed by atoms with van der Waals surface area (Å²) < 4.78 is 2.37. The monoisotopic (exact) mass is 728 g/mol. The van der Waals surface area contributed by atoms with Gasteiger partial charge in [-0.1, -0.05) is 182 Å². The van der Waals surface area contributed by atoms with Crippen molar-refractivity contribution in [1.82, 2.24) is 4.57 Å². The van der Waals surface area contributed by atoms with Gasteiger partial charge in [-0.15, -0.1) is 0 Å². The maximum atomic E-state index is 2.53. The van der Waals surface area contributed by atoms with E-state index < -0.39 is 5.41 Å². The molecule has 0 saturated carbocycles. The van der Waals surface area contributed by atoms with Crippen LogP contribution >= 0.6 is 0 Å². The summed E-state index contributed by atoms with van der Waals surface area (Å²) in [6, 6.07) is 78.5. The second kappa shape index (κ2) is 13.3. The topological polar surface area (TPSA) is 8.17 Å². The van der Waals surface area contributed by atoms with Crippen LogP contribution in [0.1, 0.15) is 33.4 Å². The van der Waals surface area contributed by atoms with E-state index in [1.54, 1.807) is 0 Å². The number of hydrogen-bond acceptors (Lipinski definition) is 1. The van der Waals surface area contributed by atoms with Crippen molar-refractivity contribution in [1.29, 1.82) is 0 Å². The van der Waals surface area contributed by atoms with Crippen molar-refractivity contribution < 1.29 is 0 Å². The summed E-state index contributed by atoms with van der Waals surface area (Å²) in [6.45, 7) is 0. The van der Waals surface area contributed by atoms with Crippen molar-refractivity contribution in [2.24, 2.45) is 7.05 Å². The number of aromatic nitrogens is 1. The van der Waals surface area contributed by atoms with Crippen LogP contribution in [0.25, 0.3) is 43.7 Å². The standard InChI is InChI=1S/C55H40N2/c1-56-50-31-17-16-28-44(50)46-30-18-32-51(54(46)56)57(42-25-12-5-13-26-42)52-37-49-53(45-29-15-14-27-43(45)52)47-34-33-39(35-38-19-6-2-7-20-38)36-48(47)55(49,40-21-8-3-9-22-40)41-23-10-4-11-24-41/h2-34,36-37H,35H2,1H3. The molecule has 0 N–H and O–H groups in total. The third-order valence-corrected chi connectivity index (χ3v) is 12.3. The highest BCUT2D eigenvalue weighted by Crippen LogP contribution is 2.60. The molecule has 0 bridgehead atoms. The molecule has 1 heterocycles. The zero-order valence-electron chi connectivity index (χ0n) is 31.8. The van der Waals surface area contributed by atoms with E-state index >= 15 is 0 Å². The number of para-hydroxylation sites is 3. The van der Waals surface area contributed by atoms with E-state index in [2.05, 4.69) is 229 Å². The highest BCUT2D eigenvalue weighted by Gasteiger charge is 2.47. The van der Waals surface area contributed by atoms with Crippen LogP contribution < -0.4 is 4.90 Å². The van der Waals surface area contributed by atoms with Crippen LogP contribution in [0.4, 0.5) is 17.1 Å². The van der Waals surface area contributed by atoms with E-state index in [0.29, 0.717) is 0 Å². The van der Waals surface area contributed by atoms with Crippen LogP contribution in [0.5, 0.6) is 0 Å². The Bertz CT molecular complexity index is 3050. The van der Waals surface area contributed by atoms with Gasteiger partial charge >= 0.3 is 0 Å². The van der Waals surface area contributed by atoms with Gasteiger partial charge in [-0.25, -0.2) is 0 Å². The fourth-order valence-electron chi connectivity index (χ4n) is 9.88. The van der Waals surface area contributed by atoms with E-state index in [9.17, 15) is 0 Å². The van der Waals surface area contributed by atoms with E-state index in [-0.39, 0.29) is 0 Å². The molecule has 0 aliphatic heterocycles. The molecular weight excluding hydrogens is 689 g/mol. The van der Waals surface area contributed by atoms with Crippen molar-refractivity contribution in [2.45, 2.75) is 11.8 Å². The molecular formula is C55H40N2. The summed E-state index contributed by atoms with van der Waals surface area (Å²) in [6.07, 6.45) is 0.868. The Balaban J connectivity index is 1.27. The lowest BCUT2D eigenvalue weighted by Gasteiger charge is -2.35.